The molecule has 1 aromatic carbocycles. The van der Waals surface area contributed by atoms with Gasteiger partial charge in [0.25, 0.3) is 5.91 Å². The molecule has 0 bridgehead atoms. The van der Waals surface area contributed by atoms with Crippen LogP contribution in [0.2, 0.25) is 0 Å². The molecule has 0 radical (unpaired) electrons. The SMILES string of the molecule is CC(C)c1nnsc1C(=O)NCc1cc(Br)ccc1F. The zero-order chi connectivity index (χ0) is 14.7. The summed E-state index contributed by atoms with van der Waals surface area (Å²) in [5.41, 5.74) is 1.10. The fourth-order valence-electron chi connectivity index (χ4n) is 1.67. The Labute approximate surface area is 128 Å². The molecule has 2 rings (SSSR count). The molecule has 0 saturated carbocycles. The van der Waals surface area contributed by atoms with Crippen molar-refractivity contribution in [1.82, 2.24) is 14.9 Å². The molecule has 0 aliphatic carbocycles. The van der Waals surface area contributed by atoms with Gasteiger partial charge in [0.1, 0.15) is 10.7 Å². The lowest BCUT2D eigenvalue weighted by Crippen LogP contribution is -2.23. The molecule has 0 atom stereocenters. The molecule has 20 heavy (non-hydrogen) atoms. The normalized spacial score (nSPS) is 10.8. The molecule has 1 N–H and O–H groups in total. The van der Waals surface area contributed by atoms with Crippen molar-refractivity contribution in [3.05, 3.63) is 44.6 Å². The lowest BCUT2D eigenvalue weighted by Gasteiger charge is -2.07. The van der Waals surface area contributed by atoms with Gasteiger partial charge in [0.2, 0.25) is 0 Å². The van der Waals surface area contributed by atoms with E-state index in [9.17, 15) is 9.18 Å². The van der Waals surface area contributed by atoms with Crippen LogP contribution in [0.5, 0.6) is 0 Å². The predicted octanol–water partition coefficient (Wildman–Crippen LogP) is 3.49. The molecule has 1 aromatic heterocycles. The van der Waals surface area contributed by atoms with Gasteiger partial charge in [-0.25, -0.2) is 4.39 Å². The molecule has 1 amide bonds. The first kappa shape index (κ1) is 15.1. The van der Waals surface area contributed by atoms with Crippen molar-refractivity contribution in [3.63, 3.8) is 0 Å². The first-order valence-electron chi connectivity index (χ1n) is 6.03. The molecule has 0 spiro atoms. The number of halogens is 2. The second-order valence-electron chi connectivity index (χ2n) is 4.56. The van der Waals surface area contributed by atoms with E-state index in [4.69, 9.17) is 0 Å². The summed E-state index contributed by atoms with van der Waals surface area (Å²) in [5, 5.41) is 6.64. The highest BCUT2D eigenvalue weighted by Crippen LogP contribution is 2.20. The Morgan fingerprint density at radius 2 is 2.25 bits per heavy atom. The van der Waals surface area contributed by atoms with Gasteiger partial charge < -0.3 is 5.32 Å². The number of hydrogen-bond donors (Lipinski definition) is 1. The van der Waals surface area contributed by atoms with Crippen LogP contribution in [-0.2, 0) is 6.54 Å². The van der Waals surface area contributed by atoms with Crippen LogP contribution in [0.25, 0.3) is 0 Å². The molecule has 2 aromatic rings. The minimum atomic E-state index is -0.347. The summed E-state index contributed by atoms with van der Waals surface area (Å²) in [7, 11) is 0. The van der Waals surface area contributed by atoms with Gasteiger partial charge in [0.15, 0.2) is 0 Å². The molecular weight excluding hydrogens is 345 g/mol. The van der Waals surface area contributed by atoms with E-state index in [1.165, 1.54) is 6.07 Å². The molecule has 4 nitrogen and oxygen atoms in total. The smallest absolute Gasteiger partial charge is 0.265 e. The second-order valence-corrected chi connectivity index (χ2v) is 6.23. The molecule has 7 heteroatoms. The summed E-state index contributed by atoms with van der Waals surface area (Å²) in [5.74, 6) is -0.500. The van der Waals surface area contributed by atoms with E-state index in [0.717, 1.165) is 16.0 Å². The van der Waals surface area contributed by atoms with Gasteiger partial charge in [-0.3, -0.25) is 4.79 Å². The number of carbonyl (C=O) groups excluding carboxylic acids is 1. The maximum atomic E-state index is 13.6. The van der Waals surface area contributed by atoms with Gasteiger partial charge in [0.05, 0.1) is 5.69 Å². The maximum absolute atomic E-state index is 13.6. The van der Waals surface area contributed by atoms with Crippen LogP contribution < -0.4 is 5.32 Å². The first-order chi connectivity index (χ1) is 9.49. The van der Waals surface area contributed by atoms with E-state index >= 15 is 0 Å². The highest BCUT2D eigenvalue weighted by Gasteiger charge is 2.18. The number of amides is 1. The number of benzene rings is 1. The number of carbonyl (C=O) groups is 1. The molecule has 0 unspecified atom stereocenters. The van der Waals surface area contributed by atoms with Gasteiger partial charge >= 0.3 is 0 Å². The van der Waals surface area contributed by atoms with E-state index < -0.39 is 0 Å². The van der Waals surface area contributed by atoms with E-state index in [1.54, 1.807) is 12.1 Å². The average Bonchev–Trinajstić information content (AvgIpc) is 2.89. The molecule has 0 fully saturated rings. The fraction of sp³-hybridized carbons (Fsp3) is 0.308. The topological polar surface area (TPSA) is 54.9 Å². The molecule has 1 heterocycles. The van der Waals surface area contributed by atoms with Crippen LogP contribution in [0, 0.1) is 5.82 Å². The lowest BCUT2D eigenvalue weighted by molar-refractivity contribution is 0.0953. The van der Waals surface area contributed by atoms with Crippen LogP contribution in [0.15, 0.2) is 22.7 Å². The number of hydrogen-bond acceptors (Lipinski definition) is 4. The summed E-state index contributed by atoms with van der Waals surface area (Å²) in [4.78, 5) is 12.6. The standard InChI is InChI=1S/C13H13BrFN3OS/c1-7(2)11-12(20-18-17-11)13(19)16-6-8-5-9(14)3-4-10(8)15/h3-5,7H,6H2,1-2H3,(H,16,19). The van der Waals surface area contributed by atoms with Gasteiger partial charge in [-0.05, 0) is 35.6 Å². The Balaban J connectivity index is 2.09. The number of nitrogens with zero attached hydrogens (tertiary/aromatic N) is 2. The van der Waals surface area contributed by atoms with E-state index in [1.807, 2.05) is 13.8 Å². The fourth-order valence-corrected chi connectivity index (χ4v) is 2.81. The minimum Gasteiger partial charge on any atom is -0.347 e. The summed E-state index contributed by atoms with van der Waals surface area (Å²) in [6.45, 7) is 4.02. The predicted molar refractivity (Wildman–Crippen MR) is 79.3 cm³/mol. The lowest BCUT2D eigenvalue weighted by atomic mass is 10.1. The Morgan fingerprint density at radius 1 is 1.50 bits per heavy atom. The Kier molecular flexibility index (Phi) is 4.82. The Morgan fingerprint density at radius 3 is 2.95 bits per heavy atom. The van der Waals surface area contributed by atoms with Crippen molar-refractivity contribution in [1.29, 1.82) is 0 Å². The van der Waals surface area contributed by atoms with Gasteiger partial charge in [-0.15, -0.1) is 5.10 Å². The average molecular weight is 358 g/mol. The molecular formula is C13H13BrFN3OS. The third-order valence-electron chi connectivity index (χ3n) is 2.71. The maximum Gasteiger partial charge on any atom is 0.265 e. The van der Waals surface area contributed by atoms with Crippen LogP contribution in [0.4, 0.5) is 4.39 Å². The van der Waals surface area contributed by atoms with E-state index in [0.29, 0.717) is 16.1 Å². The van der Waals surface area contributed by atoms with Crippen LogP contribution in [-0.4, -0.2) is 15.5 Å². The second kappa shape index (κ2) is 6.41. The summed E-state index contributed by atoms with van der Waals surface area (Å²) in [6, 6.07) is 4.62. The van der Waals surface area contributed by atoms with Crippen molar-refractivity contribution in [2.24, 2.45) is 0 Å². The third-order valence-corrected chi connectivity index (χ3v) is 3.95. The van der Waals surface area contributed by atoms with Gasteiger partial charge in [-0.1, -0.05) is 34.3 Å². The van der Waals surface area contributed by atoms with Crippen LogP contribution in [0.1, 0.15) is 40.7 Å². The van der Waals surface area contributed by atoms with Crippen LogP contribution in [0.3, 0.4) is 0 Å². The van der Waals surface area contributed by atoms with Gasteiger partial charge in [-0.2, -0.15) is 0 Å². The van der Waals surface area contributed by atoms with Crippen LogP contribution >= 0.6 is 27.5 Å². The third kappa shape index (κ3) is 3.40. The zero-order valence-electron chi connectivity index (χ0n) is 11.0. The monoisotopic (exact) mass is 357 g/mol. The van der Waals surface area contributed by atoms with Crippen molar-refractivity contribution in [2.75, 3.05) is 0 Å². The van der Waals surface area contributed by atoms with Crippen molar-refractivity contribution >= 4 is 33.4 Å². The van der Waals surface area contributed by atoms with Crippen molar-refractivity contribution in [2.45, 2.75) is 26.3 Å². The van der Waals surface area contributed by atoms with Crippen molar-refractivity contribution in [3.8, 4) is 0 Å². The summed E-state index contributed by atoms with van der Waals surface area (Å²) < 4.78 is 18.1. The molecule has 0 saturated heterocycles. The molecule has 106 valence electrons. The van der Waals surface area contributed by atoms with Crippen molar-refractivity contribution < 1.29 is 9.18 Å². The van der Waals surface area contributed by atoms with Gasteiger partial charge in [0, 0.05) is 16.6 Å². The largest absolute Gasteiger partial charge is 0.347 e. The molecule has 0 aliphatic rings. The number of rotatable bonds is 4. The first-order valence-corrected chi connectivity index (χ1v) is 7.60. The summed E-state index contributed by atoms with van der Waals surface area (Å²) in [6.07, 6.45) is 0. The Bertz CT molecular complexity index is 630. The highest BCUT2D eigenvalue weighted by molar-refractivity contribution is 9.10. The molecule has 0 aliphatic heterocycles. The highest BCUT2D eigenvalue weighted by atomic mass is 79.9. The Hall–Kier alpha value is -1.34. The summed E-state index contributed by atoms with van der Waals surface area (Å²) >= 11 is 4.33. The minimum absolute atomic E-state index is 0.122. The van der Waals surface area contributed by atoms with E-state index in [-0.39, 0.29) is 24.2 Å². The van der Waals surface area contributed by atoms with E-state index in [2.05, 4.69) is 30.8 Å². The number of nitrogens with one attached hydrogen (secondary N) is 1. The quantitative estimate of drug-likeness (QED) is 0.910. The zero-order valence-corrected chi connectivity index (χ0v) is 13.4. The number of aromatic nitrogens is 2.